The van der Waals surface area contributed by atoms with Gasteiger partial charge in [-0.3, -0.25) is 0 Å². The van der Waals surface area contributed by atoms with Gasteiger partial charge in [0, 0.05) is 18.6 Å². The topological polar surface area (TPSA) is 62.5 Å². The van der Waals surface area contributed by atoms with Crippen molar-refractivity contribution in [1.82, 2.24) is 15.0 Å². The quantitative estimate of drug-likeness (QED) is 0.102. The Morgan fingerprint density at radius 2 is 0.972 bits per heavy atom. The Kier molecular flexibility index (Phi) is 14.9. The van der Waals surface area contributed by atoms with E-state index in [1.165, 1.54) is 64.6 Å². The molecule has 0 atom stereocenters. The summed E-state index contributed by atoms with van der Waals surface area (Å²) in [6.45, 7) is 0. The SMILES string of the molecule is N#Cc1ccc(-c2ccc(-c3cc(-c4ccc(C5CCCC5)cn4)[c-]cc3-c3ccccc3-c3cc(CCc4c[c-]c(-c5ccccn5)cc4)cc(CCc4c[c-]c(-c5ccccn5)cc4)c3)cc2)cc1.[Ir+3]. The average Bonchev–Trinajstić information content (AvgIpc) is 4.00. The van der Waals surface area contributed by atoms with Gasteiger partial charge in [0.25, 0.3) is 0 Å². The minimum Gasteiger partial charge on any atom is -0.305 e. The van der Waals surface area contributed by atoms with Crippen molar-refractivity contribution >= 4 is 0 Å². The Morgan fingerprint density at radius 1 is 0.431 bits per heavy atom. The van der Waals surface area contributed by atoms with Gasteiger partial charge in [-0.05, 0) is 117 Å². The Hall–Kier alpha value is -7.87. The molecule has 10 aromatic rings. The molecule has 0 aliphatic heterocycles. The van der Waals surface area contributed by atoms with Gasteiger partial charge < -0.3 is 15.0 Å². The molecule has 3 heterocycles. The molecule has 1 aliphatic rings. The van der Waals surface area contributed by atoms with E-state index in [1.54, 1.807) is 0 Å². The van der Waals surface area contributed by atoms with Crippen molar-refractivity contribution in [2.45, 2.75) is 57.3 Å². The van der Waals surface area contributed by atoms with E-state index in [0.717, 1.165) is 92.8 Å². The number of aromatic nitrogens is 3. The zero-order valence-electron chi connectivity index (χ0n) is 40.0. The number of nitrogens with zero attached hydrogens (tertiary/aromatic N) is 4. The normalized spacial score (nSPS) is 12.3. The summed E-state index contributed by atoms with van der Waals surface area (Å²) in [7, 11) is 0. The van der Waals surface area contributed by atoms with Crippen LogP contribution in [-0.4, -0.2) is 15.0 Å². The van der Waals surface area contributed by atoms with E-state index in [0.29, 0.717) is 11.5 Å². The Labute approximate surface area is 437 Å². The second-order valence-corrected chi connectivity index (χ2v) is 18.6. The van der Waals surface area contributed by atoms with Crippen LogP contribution in [0.15, 0.2) is 207 Å². The van der Waals surface area contributed by atoms with E-state index >= 15 is 0 Å². The number of aryl methyl sites for hydroxylation is 4. The van der Waals surface area contributed by atoms with Crippen LogP contribution in [0.3, 0.4) is 0 Å². The van der Waals surface area contributed by atoms with Gasteiger partial charge in [-0.15, -0.1) is 94.5 Å². The maximum atomic E-state index is 9.42. The van der Waals surface area contributed by atoms with Crippen LogP contribution < -0.4 is 0 Å². The molecule has 0 spiro atoms. The molecule has 4 nitrogen and oxygen atoms in total. The molecule has 348 valence electrons. The van der Waals surface area contributed by atoms with Crippen molar-refractivity contribution in [3.8, 4) is 84.3 Å². The summed E-state index contributed by atoms with van der Waals surface area (Å²) in [4.78, 5) is 14.1. The van der Waals surface area contributed by atoms with Crippen molar-refractivity contribution in [2.24, 2.45) is 0 Å². The third-order valence-electron chi connectivity index (χ3n) is 14.0. The maximum absolute atomic E-state index is 9.42. The number of pyridine rings is 3. The fourth-order valence-electron chi connectivity index (χ4n) is 10.1. The standard InChI is InChI=1S/C67H51N4.Ir/c68-45-49-23-25-53(26-24-49)54-31-33-55(34-32-54)64-44-58(67-38-36-59(46-71-67)52-9-1-2-10-52)35-37-63(64)62-12-4-3-11-61(62)60-42-50(17-15-47-19-27-56(28-20-47)65-13-5-7-39-69-65)41-51(43-60)18-16-48-21-29-57(30-22-48)66-14-6-8-40-70-66;/h3-8,11-14,19-27,29,31-34,36-44,46,52H,1-2,9-10,15-18H2;/q-3;+3. The molecule has 11 rings (SSSR count). The fourth-order valence-corrected chi connectivity index (χ4v) is 10.1. The second-order valence-electron chi connectivity index (χ2n) is 18.6. The number of hydrogen-bond acceptors (Lipinski definition) is 4. The van der Waals surface area contributed by atoms with Crippen molar-refractivity contribution in [3.63, 3.8) is 0 Å². The van der Waals surface area contributed by atoms with Gasteiger partial charge in [-0.1, -0.05) is 158 Å². The van der Waals surface area contributed by atoms with Gasteiger partial charge in [0.05, 0.1) is 11.6 Å². The summed E-state index contributed by atoms with van der Waals surface area (Å²) in [6, 6.07) is 79.3. The van der Waals surface area contributed by atoms with Gasteiger partial charge in [0.2, 0.25) is 0 Å². The number of benzene rings is 7. The minimum atomic E-state index is 0. The summed E-state index contributed by atoms with van der Waals surface area (Å²) in [5.74, 6) is 0.606. The molecule has 1 aliphatic carbocycles. The van der Waals surface area contributed by atoms with Crippen molar-refractivity contribution in [2.75, 3.05) is 0 Å². The summed E-state index contributed by atoms with van der Waals surface area (Å²) in [6.07, 6.45) is 14.4. The first-order chi connectivity index (χ1) is 35.1. The summed E-state index contributed by atoms with van der Waals surface area (Å²) < 4.78 is 0. The van der Waals surface area contributed by atoms with Gasteiger partial charge >= 0.3 is 20.1 Å². The first kappa shape index (κ1) is 47.8. The van der Waals surface area contributed by atoms with Crippen molar-refractivity contribution in [3.05, 3.63) is 258 Å². The molecule has 0 bridgehead atoms. The molecule has 7 aromatic carbocycles. The Morgan fingerprint density at radius 3 is 1.51 bits per heavy atom. The smallest absolute Gasteiger partial charge is 0.305 e. The molecule has 0 amide bonds. The predicted octanol–water partition coefficient (Wildman–Crippen LogP) is 16.0. The molecule has 72 heavy (non-hydrogen) atoms. The second kappa shape index (κ2) is 22.5. The maximum Gasteiger partial charge on any atom is 3.00 e. The van der Waals surface area contributed by atoms with Crippen LogP contribution in [0.25, 0.3) is 78.3 Å². The zero-order valence-corrected chi connectivity index (χ0v) is 42.4. The largest absolute Gasteiger partial charge is 3.00 e. The molecule has 1 saturated carbocycles. The number of hydrogen-bond donors (Lipinski definition) is 0. The third-order valence-corrected chi connectivity index (χ3v) is 14.0. The summed E-state index contributed by atoms with van der Waals surface area (Å²) >= 11 is 0. The molecular weight excluding hydrogens is 1050 g/mol. The molecule has 5 heteroatoms. The molecule has 1 fully saturated rings. The third kappa shape index (κ3) is 11.0. The number of rotatable bonds is 14. The molecule has 0 saturated heterocycles. The Bertz CT molecular complexity index is 3330. The predicted molar refractivity (Wildman–Crippen MR) is 288 cm³/mol. The van der Waals surface area contributed by atoms with E-state index in [-0.39, 0.29) is 20.1 Å². The van der Waals surface area contributed by atoms with Crippen LogP contribution in [0, 0.1) is 29.5 Å². The first-order valence-electron chi connectivity index (χ1n) is 24.8. The van der Waals surface area contributed by atoms with E-state index in [2.05, 4.69) is 168 Å². The van der Waals surface area contributed by atoms with Gasteiger partial charge in [0.1, 0.15) is 0 Å². The van der Waals surface area contributed by atoms with E-state index in [4.69, 9.17) is 4.98 Å². The van der Waals surface area contributed by atoms with E-state index in [1.807, 2.05) is 73.1 Å². The van der Waals surface area contributed by atoms with Crippen molar-refractivity contribution < 1.29 is 20.1 Å². The van der Waals surface area contributed by atoms with E-state index < -0.39 is 0 Å². The monoisotopic (exact) mass is 1100 g/mol. The zero-order chi connectivity index (χ0) is 47.8. The van der Waals surface area contributed by atoms with Crippen LogP contribution in [0.1, 0.15) is 65.0 Å². The van der Waals surface area contributed by atoms with Crippen LogP contribution in [0.2, 0.25) is 0 Å². The first-order valence-corrected chi connectivity index (χ1v) is 24.8. The van der Waals surface area contributed by atoms with Crippen molar-refractivity contribution in [1.29, 1.82) is 5.26 Å². The van der Waals surface area contributed by atoms with Crippen LogP contribution in [0.5, 0.6) is 0 Å². The molecule has 0 N–H and O–H groups in total. The number of nitriles is 1. The summed E-state index contributed by atoms with van der Waals surface area (Å²) in [5, 5.41) is 9.42. The molecule has 3 aromatic heterocycles. The van der Waals surface area contributed by atoms with Gasteiger partial charge in [-0.25, -0.2) is 0 Å². The van der Waals surface area contributed by atoms with E-state index in [9.17, 15) is 5.26 Å². The average molecular weight is 1100 g/mol. The minimum absolute atomic E-state index is 0. The van der Waals surface area contributed by atoms with Gasteiger partial charge in [0.15, 0.2) is 0 Å². The Balaban J connectivity index is 0.00000596. The fraction of sp³-hybridized carbons (Fsp3) is 0.134. The molecule has 0 unspecified atom stereocenters. The van der Waals surface area contributed by atoms with Crippen LogP contribution >= 0.6 is 0 Å². The molecular formula is C67H51IrN4. The molecule has 0 radical (unpaired) electrons. The summed E-state index contributed by atoms with van der Waals surface area (Å²) in [5.41, 5.74) is 21.8. The van der Waals surface area contributed by atoms with Crippen LogP contribution in [-0.2, 0) is 45.8 Å². The van der Waals surface area contributed by atoms with Gasteiger partial charge in [-0.2, -0.15) is 5.26 Å². The van der Waals surface area contributed by atoms with Crippen LogP contribution in [0.4, 0.5) is 0 Å².